The lowest BCUT2D eigenvalue weighted by Crippen LogP contribution is -2.56. The van der Waals surface area contributed by atoms with Crippen LogP contribution >= 0.6 is 15.9 Å². The average Bonchev–Trinajstić information content (AvgIpc) is 2.95. The van der Waals surface area contributed by atoms with Gasteiger partial charge in [-0.05, 0) is 82.5 Å². The zero-order valence-corrected chi connectivity index (χ0v) is 31.2. The molecular formula is C28H54BrNO5Si3. The number of aromatic nitrogens is 1. The van der Waals surface area contributed by atoms with Crippen molar-refractivity contribution in [3.8, 4) is 0 Å². The van der Waals surface area contributed by atoms with Gasteiger partial charge in [0.1, 0.15) is 28.6 Å². The van der Waals surface area contributed by atoms with Gasteiger partial charge in [0.15, 0.2) is 25.0 Å². The molecule has 0 aromatic carbocycles. The van der Waals surface area contributed by atoms with Crippen LogP contribution in [0, 0.1) is 0 Å². The van der Waals surface area contributed by atoms with Crippen LogP contribution in [0.3, 0.4) is 0 Å². The fraction of sp³-hybridized carbons (Fsp3) is 0.821. The fourth-order valence-electron chi connectivity index (χ4n) is 3.53. The molecule has 1 aromatic heterocycles. The van der Waals surface area contributed by atoms with E-state index < -0.39 is 49.1 Å². The highest BCUT2D eigenvalue weighted by Crippen LogP contribution is 2.49. The van der Waals surface area contributed by atoms with Crippen LogP contribution in [0.5, 0.6) is 0 Å². The summed E-state index contributed by atoms with van der Waals surface area (Å²) in [6.45, 7) is 33.6. The van der Waals surface area contributed by atoms with Gasteiger partial charge < -0.3 is 23.1 Å². The van der Waals surface area contributed by atoms with Gasteiger partial charge in [0.05, 0.1) is 6.61 Å². The number of aliphatic hydroxyl groups is 1. The van der Waals surface area contributed by atoms with E-state index in [4.69, 9.17) is 18.0 Å². The van der Waals surface area contributed by atoms with Gasteiger partial charge >= 0.3 is 0 Å². The molecule has 0 radical (unpaired) electrons. The summed E-state index contributed by atoms with van der Waals surface area (Å²) in [5.74, 6) is -1.78. The molecule has 1 N–H and O–H groups in total. The molecule has 0 unspecified atom stereocenters. The van der Waals surface area contributed by atoms with Crippen molar-refractivity contribution in [2.45, 2.75) is 141 Å². The lowest BCUT2D eigenvalue weighted by molar-refractivity contribution is -0.238. The van der Waals surface area contributed by atoms with Gasteiger partial charge in [0, 0.05) is 0 Å². The average molecular weight is 649 g/mol. The van der Waals surface area contributed by atoms with Gasteiger partial charge in [-0.15, -0.1) is 0 Å². The van der Waals surface area contributed by atoms with Crippen LogP contribution in [0.15, 0.2) is 22.8 Å². The van der Waals surface area contributed by atoms with Crippen LogP contribution < -0.4 is 0 Å². The molecule has 2 heterocycles. The topological polar surface area (TPSA) is 70.0 Å². The third-order valence-corrected chi connectivity index (χ3v) is 23.2. The van der Waals surface area contributed by atoms with Gasteiger partial charge in [0.25, 0.3) is 0 Å². The monoisotopic (exact) mass is 647 g/mol. The number of hydrogen-bond donors (Lipinski definition) is 1. The molecule has 1 aromatic rings. The third kappa shape index (κ3) is 7.28. The highest BCUT2D eigenvalue weighted by Gasteiger charge is 2.62. The third-order valence-electron chi connectivity index (χ3n) is 9.34. The zero-order valence-electron chi connectivity index (χ0n) is 26.6. The SMILES string of the molecule is CC(C)(C)[Si](C)(C)OC[C@H]1O[C@@](O)(c2cccc(Br)n2)[C@H](O[Si](C)(C)C(C)(C)C)[C@@H]1O[Si](C)(C)C(C)(C)C. The van der Waals surface area contributed by atoms with E-state index in [-0.39, 0.29) is 15.1 Å². The normalized spacial score (nSPS) is 26.2. The lowest BCUT2D eigenvalue weighted by atomic mass is 10.0. The van der Waals surface area contributed by atoms with Gasteiger partial charge in [-0.1, -0.05) is 68.4 Å². The highest BCUT2D eigenvalue weighted by molar-refractivity contribution is 9.10. The van der Waals surface area contributed by atoms with E-state index >= 15 is 0 Å². The molecule has 10 heteroatoms. The molecule has 38 heavy (non-hydrogen) atoms. The van der Waals surface area contributed by atoms with Crippen LogP contribution in [0.25, 0.3) is 0 Å². The molecule has 4 atom stereocenters. The number of rotatable bonds is 8. The minimum atomic E-state index is -2.36. The Labute approximate surface area is 244 Å². The largest absolute Gasteiger partial charge is 0.414 e. The summed E-state index contributed by atoms with van der Waals surface area (Å²) in [6, 6.07) is 5.50. The van der Waals surface area contributed by atoms with E-state index in [1.165, 1.54) is 0 Å². The quantitative estimate of drug-likeness (QED) is 0.227. The first kappa shape index (κ1) is 34.3. The Morgan fingerprint density at radius 1 is 0.842 bits per heavy atom. The zero-order chi connectivity index (χ0) is 29.8. The van der Waals surface area contributed by atoms with Gasteiger partial charge in [0.2, 0.25) is 5.79 Å². The van der Waals surface area contributed by atoms with Gasteiger partial charge in [-0.2, -0.15) is 0 Å². The van der Waals surface area contributed by atoms with Crippen molar-refractivity contribution >= 4 is 40.9 Å². The Hall–Kier alpha value is 0.0806. The minimum absolute atomic E-state index is 0.0336. The lowest BCUT2D eigenvalue weighted by Gasteiger charge is -2.45. The summed E-state index contributed by atoms with van der Waals surface area (Å²) in [6.07, 6.45) is -1.79. The van der Waals surface area contributed by atoms with Crippen LogP contribution in [0.2, 0.25) is 54.4 Å². The molecule has 0 spiro atoms. The van der Waals surface area contributed by atoms with Crippen molar-refractivity contribution in [2.24, 2.45) is 0 Å². The summed E-state index contributed by atoms with van der Waals surface area (Å²) >= 11 is 3.48. The van der Waals surface area contributed by atoms with Crippen molar-refractivity contribution in [2.75, 3.05) is 6.61 Å². The Kier molecular flexibility index (Phi) is 9.97. The maximum Gasteiger partial charge on any atom is 0.239 e. The highest BCUT2D eigenvalue weighted by atomic mass is 79.9. The van der Waals surface area contributed by atoms with Gasteiger partial charge in [-0.25, -0.2) is 4.98 Å². The molecular weight excluding hydrogens is 594 g/mol. The summed E-state index contributed by atoms with van der Waals surface area (Å²) < 4.78 is 28.0. The van der Waals surface area contributed by atoms with Crippen LogP contribution in [0.1, 0.15) is 68.0 Å². The van der Waals surface area contributed by atoms with Crippen molar-refractivity contribution in [1.82, 2.24) is 4.98 Å². The maximum atomic E-state index is 12.4. The summed E-state index contributed by atoms with van der Waals surface area (Å²) in [4.78, 5) is 4.63. The van der Waals surface area contributed by atoms with E-state index in [1.807, 2.05) is 12.1 Å². The summed E-state index contributed by atoms with van der Waals surface area (Å²) in [5.41, 5.74) is 0.411. The van der Waals surface area contributed by atoms with Crippen molar-refractivity contribution in [3.63, 3.8) is 0 Å². The Morgan fingerprint density at radius 2 is 1.32 bits per heavy atom. The number of ether oxygens (including phenoxy) is 1. The first-order valence-corrected chi connectivity index (χ1v) is 23.3. The van der Waals surface area contributed by atoms with Crippen molar-refractivity contribution in [3.05, 3.63) is 28.5 Å². The Morgan fingerprint density at radius 3 is 1.76 bits per heavy atom. The molecule has 0 bridgehead atoms. The Balaban J connectivity index is 2.68. The molecule has 0 amide bonds. The number of pyridine rings is 1. The molecule has 0 saturated carbocycles. The van der Waals surface area contributed by atoms with Crippen LogP contribution in [-0.2, 0) is 23.8 Å². The van der Waals surface area contributed by atoms with E-state index in [0.717, 1.165) is 0 Å². The second kappa shape index (κ2) is 11.1. The molecule has 1 aliphatic rings. The predicted molar refractivity (Wildman–Crippen MR) is 168 cm³/mol. The standard InChI is InChI=1S/C28H54BrNO5Si3/c1-25(2,3)36(10,11)32-19-20-23(34-37(12,13)26(4,5)6)24(35-38(14,15)27(7,8)9)28(31,33-20)21-17-16-18-22(29)30-21/h16-18,20,23-24,31H,19H2,1-15H3/t20-,23-,24-,28+/m1/s1. The smallest absolute Gasteiger partial charge is 0.239 e. The van der Waals surface area contributed by atoms with E-state index in [0.29, 0.717) is 16.9 Å². The summed E-state index contributed by atoms with van der Waals surface area (Å²) in [7, 11) is -6.75. The maximum absolute atomic E-state index is 12.4. The van der Waals surface area contributed by atoms with E-state index in [1.54, 1.807) is 6.07 Å². The molecule has 1 aliphatic heterocycles. The first-order valence-electron chi connectivity index (χ1n) is 13.8. The van der Waals surface area contributed by atoms with E-state index in [9.17, 15) is 5.11 Å². The molecule has 1 saturated heterocycles. The van der Waals surface area contributed by atoms with Crippen molar-refractivity contribution < 1.29 is 23.1 Å². The first-order chi connectivity index (χ1) is 16.8. The second-order valence-corrected chi connectivity index (χ2v) is 30.5. The molecule has 2 rings (SSSR count). The molecule has 0 aliphatic carbocycles. The summed E-state index contributed by atoms with van der Waals surface area (Å²) in [5, 5.41) is 12.3. The minimum Gasteiger partial charge on any atom is -0.414 e. The predicted octanol–water partition coefficient (Wildman–Crippen LogP) is 8.19. The van der Waals surface area contributed by atoms with Crippen molar-refractivity contribution in [1.29, 1.82) is 0 Å². The number of hydrogen-bond acceptors (Lipinski definition) is 6. The molecule has 1 fully saturated rings. The van der Waals surface area contributed by atoms with Gasteiger partial charge in [-0.3, -0.25) is 0 Å². The molecule has 220 valence electrons. The van der Waals surface area contributed by atoms with Crippen LogP contribution in [-0.4, -0.2) is 60.0 Å². The fourth-order valence-corrected chi connectivity index (χ4v) is 7.48. The number of halogens is 1. The van der Waals surface area contributed by atoms with E-state index in [2.05, 4.69) is 123 Å². The Bertz CT molecular complexity index is 968. The second-order valence-electron chi connectivity index (χ2n) is 15.4. The number of nitrogens with zero attached hydrogens (tertiary/aromatic N) is 1. The van der Waals surface area contributed by atoms with Crippen LogP contribution in [0.4, 0.5) is 0 Å². The molecule has 6 nitrogen and oxygen atoms in total.